The predicted octanol–water partition coefficient (Wildman–Crippen LogP) is 2.22. The number of anilines is 1. The monoisotopic (exact) mass is 396 g/mol. The third kappa shape index (κ3) is 3.76. The molecule has 1 aromatic carbocycles. The Labute approximate surface area is 168 Å². The number of rotatable bonds is 6. The number of benzene rings is 1. The molecule has 1 saturated carbocycles. The number of hydrogen-bond acceptors (Lipinski definition) is 8. The zero-order valence-corrected chi connectivity index (χ0v) is 16.3. The molecule has 1 unspecified atom stereocenters. The number of hydrogen-bond donors (Lipinski definition) is 3. The molecule has 1 atom stereocenters. The van der Waals surface area contributed by atoms with E-state index in [4.69, 9.17) is 9.99 Å². The van der Waals surface area contributed by atoms with E-state index < -0.39 is 0 Å². The second kappa shape index (κ2) is 7.25. The van der Waals surface area contributed by atoms with Gasteiger partial charge in [0.25, 0.3) is 0 Å². The van der Waals surface area contributed by atoms with E-state index in [0.717, 1.165) is 59.8 Å². The highest BCUT2D eigenvalue weighted by molar-refractivity contribution is 5.93. The molecule has 2 aliphatic rings. The van der Waals surface area contributed by atoms with Gasteiger partial charge in [0.15, 0.2) is 0 Å². The summed E-state index contributed by atoms with van der Waals surface area (Å²) < 4.78 is 6.11. The quantitative estimate of drug-likeness (QED) is 0.430. The van der Waals surface area contributed by atoms with Crippen LogP contribution in [0.25, 0.3) is 22.3 Å². The Kier molecular flexibility index (Phi) is 4.57. The van der Waals surface area contributed by atoms with E-state index in [1.807, 2.05) is 24.3 Å². The van der Waals surface area contributed by atoms with E-state index in [9.17, 15) is 0 Å². The van der Waals surface area contributed by atoms with Gasteiger partial charge in [-0.25, -0.2) is 14.9 Å². The third-order valence-electron chi connectivity index (χ3n) is 5.60. The minimum atomic E-state index is -0.0310. The number of fused-ring (bicyclic) bond motifs is 1. The number of piperazine rings is 1. The van der Waals surface area contributed by atoms with Crippen molar-refractivity contribution in [3.05, 3.63) is 30.6 Å². The summed E-state index contributed by atoms with van der Waals surface area (Å²) in [6.07, 6.45) is 3.74. The van der Waals surface area contributed by atoms with Gasteiger partial charge >= 0.3 is 0 Å². The molecule has 1 saturated heterocycles. The molecule has 0 spiro atoms. The van der Waals surface area contributed by atoms with Crippen molar-refractivity contribution in [3.8, 4) is 17.1 Å². The van der Waals surface area contributed by atoms with Crippen molar-refractivity contribution in [2.45, 2.75) is 31.4 Å². The summed E-state index contributed by atoms with van der Waals surface area (Å²) in [7, 11) is 0. The Balaban J connectivity index is 1.44. The van der Waals surface area contributed by atoms with Gasteiger partial charge in [0.05, 0.1) is 23.9 Å². The molecular formula is C20H24N6O3. The van der Waals surface area contributed by atoms with Crippen molar-refractivity contribution in [2.75, 3.05) is 31.1 Å². The first-order valence-corrected chi connectivity index (χ1v) is 9.88. The highest BCUT2D eigenvalue weighted by Crippen LogP contribution is 2.40. The van der Waals surface area contributed by atoms with Crippen molar-refractivity contribution >= 4 is 16.7 Å². The summed E-state index contributed by atoms with van der Waals surface area (Å²) in [5.74, 6) is 1.68. The van der Waals surface area contributed by atoms with Crippen LogP contribution in [0.5, 0.6) is 5.75 Å². The largest absolute Gasteiger partial charge is 0.488 e. The van der Waals surface area contributed by atoms with Gasteiger partial charge in [-0.15, -0.1) is 0 Å². The van der Waals surface area contributed by atoms with Crippen LogP contribution in [0, 0.1) is 0 Å². The lowest BCUT2D eigenvalue weighted by Gasteiger charge is -2.33. The first-order chi connectivity index (χ1) is 14.1. The minimum Gasteiger partial charge on any atom is -0.488 e. The standard InChI is InChI=1S/C20H24N6O3/c1-20(4-5-20)29-14-2-3-16-15(8-14)19(25-24-16)17-9-18(23-12-22-17)26-7-6-21-13(10-26)11-28-27/h2-3,8-9,12-13,21,27H,4-7,10-11H2,1H3,(H,24,25). The van der Waals surface area contributed by atoms with Crippen LogP contribution in [-0.4, -0.2) is 63.3 Å². The van der Waals surface area contributed by atoms with E-state index in [2.05, 4.69) is 42.2 Å². The van der Waals surface area contributed by atoms with Gasteiger partial charge in [-0.1, -0.05) is 0 Å². The molecule has 5 rings (SSSR count). The zero-order chi connectivity index (χ0) is 19.8. The number of ether oxygens (including phenoxy) is 1. The molecule has 3 heterocycles. The Hall–Kier alpha value is -2.75. The Morgan fingerprint density at radius 3 is 3.00 bits per heavy atom. The summed E-state index contributed by atoms with van der Waals surface area (Å²) >= 11 is 0. The second-order valence-electron chi connectivity index (χ2n) is 7.99. The van der Waals surface area contributed by atoms with E-state index >= 15 is 0 Å². The normalized spacial score (nSPS) is 20.8. The van der Waals surface area contributed by atoms with Crippen molar-refractivity contribution in [1.82, 2.24) is 25.5 Å². The predicted molar refractivity (Wildman–Crippen MR) is 108 cm³/mol. The molecule has 29 heavy (non-hydrogen) atoms. The molecule has 2 aromatic heterocycles. The van der Waals surface area contributed by atoms with Gasteiger partial charge in [0.1, 0.15) is 29.2 Å². The molecule has 3 N–H and O–H groups in total. The van der Waals surface area contributed by atoms with Crippen LogP contribution in [0.3, 0.4) is 0 Å². The molecular weight excluding hydrogens is 372 g/mol. The van der Waals surface area contributed by atoms with Gasteiger partial charge in [-0.05, 0) is 38.0 Å². The maximum absolute atomic E-state index is 8.74. The van der Waals surface area contributed by atoms with Gasteiger partial charge in [-0.3, -0.25) is 10.4 Å². The van der Waals surface area contributed by atoms with E-state index in [1.165, 1.54) is 0 Å². The highest BCUT2D eigenvalue weighted by Gasteiger charge is 2.40. The fraction of sp³-hybridized carbons (Fsp3) is 0.450. The Bertz CT molecular complexity index is 1020. The van der Waals surface area contributed by atoms with Gasteiger partial charge in [0, 0.05) is 31.1 Å². The summed E-state index contributed by atoms with van der Waals surface area (Å²) in [6, 6.07) is 7.99. The number of aromatic nitrogens is 4. The zero-order valence-electron chi connectivity index (χ0n) is 16.3. The van der Waals surface area contributed by atoms with E-state index in [1.54, 1.807) is 6.33 Å². The molecule has 1 aliphatic carbocycles. The smallest absolute Gasteiger partial charge is 0.132 e. The van der Waals surface area contributed by atoms with Crippen molar-refractivity contribution in [1.29, 1.82) is 0 Å². The van der Waals surface area contributed by atoms with Crippen molar-refractivity contribution in [3.63, 3.8) is 0 Å². The van der Waals surface area contributed by atoms with Crippen LogP contribution >= 0.6 is 0 Å². The van der Waals surface area contributed by atoms with Crippen molar-refractivity contribution in [2.24, 2.45) is 0 Å². The van der Waals surface area contributed by atoms with Gasteiger partial charge in [-0.2, -0.15) is 5.10 Å². The Morgan fingerprint density at radius 2 is 2.17 bits per heavy atom. The van der Waals surface area contributed by atoms with Gasteiger partial charge < -0.3 is 15.0 Å². The number of nitrogens with one attached hydrogen (secondary N) is 2. The maximum Gasteiger partial charge on any atom is 0.132 e. The average Bonchev–Trinajstić information content (AvgIpc) is 3.31. The third-order valence-corrected chi connectivity index (χ3v) is 5.60. The molecule has 3 aromatic rings. The van der Waals surface area contributed by atoms with Crippen LogP contribution in [0.2, 0.25) is 0 Å². The average molecular weight is 396 g/mol. The first kappa shape index (κ1) is 18.3. The fourth-order valence-corrected chi connectivity index (χ4v) is 3.70. The Morgan fingerprint density at radius 1 is 1.28 bits per heavy atom. The van der Waals surface area contributed by atoms with Crippen LogP contribution in [-0.2, 0) is 4.89 Å². The number of nitrogens with zero attached hydrogens (tertiary/aromatic N) is 4. The number of H-pyrrole nitrogens is 1. The summed E-state index contributed by atoms with van der Waals surface area (Å²) in [5.41, 5.74) is 2.44. The second-order valence-corrected chi connectivity index (χ2v) is 7.99. The molecule has 0 radical (unpaired) electrons. The summed E-state index contributed by atoms with van der Waals surface area (Å²) in [5, 5.41) is 20.6. The summed E-state index contributed by atoms with van der Waals surface area (Å²) in [6.45, 7) is 4.66. The molecule has 9 heteroatoms. The topological polar surface area (TPSA) is 108 Å². The van der Waals surface area contributed by atoms with Crippen LogP contribution < -0.4 is 15.0 Å². The van der Waals surface area contributed by atoms with E-state index in [0.29, 0.717) is 6.54 Å². The maximum atomic E-state index is 8.74. The lowest BCUT2D eigenvalue weighted by Crippen LogP contribution is -2.52. The number of aromatic amines is 1. The molecule has 0 amide bonds. The highest BCUT2D eigenvalue weighted by atomic mass is 17.1. The van der Waals surface area contributed by atoms with Crippen LogP contribution in [0.1, 0.15) is 19.8 Å². The van der Waals surface area contributed by atoms with Crippen molar-refractivity contribution < 1.29 is 14.9 Å². The van der Waals surface area contributed by atoms with Gasteiger partial charge in [0.2, 0.25) is 0 Å². The fourth-order valence-electron chi connectivity index (χ4n) is 3.70. The molecule has 9 nitrogen and oxygen atoms in total. The molecule has 152 valence electrons. The lowest BCUT2D eigenvalue weighted by molar-refractivity contribution is -0.246. The SMILES string of the molecule is CC1(Oc2ccc3[nH]nc(-c4cc(N5CCNC(COO)C5)ncn4)c3c2)CC1. The van der Waals surface area contributed by atoms with Crippen LogP contribution in [0.15, 0.2) is 30.6 Å². The molecule has 0 bridgehead atoms. The molecule has 2 fully saturated rings. The minimum absolute atomic E-state index is 0.0310. The summed E-state index contributed by atoms with van der Waals surface area (Å²) in [4.78, 5) is 15.4. The lowest BCUT2D eigenvalue weighted by atomic mass is 10.1. The van der Waals surface area contributed by atoms with Crippen LogP contribution in [0.4, 0.5) is 5.82 Å². The first-order valence-electron chi connectivity index (χ1n) is 9.88. The molecule has 1 aliphatic heterocycles. The van der Waals surface area contributed by atoms with E-state index in [-0.39, 0.29) is 18.2 Å².